The van der Waals surface area contributed by atoms with Gasteiger partial charge in [-0.2, -0.15) is 0 Å². The van der Waals surface area contributed by atoms with Crippen LogP contribution >= 0.6 is 0 Å². The molecule has 3 atom stereocenters. The molecule has 0 spiro atoms. The van der Waals surface area contributed by atoms with Gasteiger partial charge in [0.25, 0.3) is 0 Å². The molecule has 1 aliphatic heterocycles. The molecule has 1 saturated heterocycles. The van der Waals surface area contributed by atoms with E-state index in [1.54, 1.807) is 18.2 Å². The molecule has 8 heteroatoms. The van der Waals surface area contributed by atoms with E-state index in [0.717, 1.165) is 7.11 Å². The second-order valence-electron chi connectivity index (χ2n) is 5.02. The van der Waals surface area contributed by atoms with E-state index < -0.39 is 35.8 Å². The molecule has 8 nitrogen and oxygen atoms in total. The summed E-state index contributed by atoms with van der Waals surface area (Å²) >= 11 is 0. The quantitative estimate of drug-likeness (QED) is 0.443. The maximum Gasteiger partial charge on any atom is 0.322 e. The van der Waals surface area contributed by atoms with Crippen molar-refractivity contribution in [1.82, 2.24) is 0 Å². The highest BCUT2D eigenvalue weighted by Gasteiger charge is 2.55. The summed E-state index contributed by atoms with van der Waals surface area (Å²) in [6, 6.07) is 4.82. The third-order valence-electron chi connectivity index (χ3n) is 3.86. The smallest absolute Gasteiger partial charge is 0.322 e. The highest BCUT2D eigenvalue weighted by Crippen LogP contribution is 2.44. The van der Waals surface area contributed by atoms with Crippen LogP contribution in [-0.2, 0) is 28.6 Å². The minimum Gasteiger partial charge on any atom is -0.497 e. The Kier molecular flexibility index (Phi) is 5.28. The van der Waals surface area contributed by atoms with Gasteiger partial charge >= 0.3 is 17.9 Å². The largest absolute Gasteiger partial charge is 0.497 e. The monoisotopic (exact) mass is 338 g/mol. The molecular weight excluding hydrogens is 320 g/mol. The van der Waals surface area contributed by atoms with Crippen molar-refractivity contribution >= 4 is 17.9 Å². The van der Waals surface area contributed by atoms with Gasteiger partial charge in [0.2, 0.25) is 0 Å². The third-order valence-corrected chi connectivity index (χ3v) is 3.86. The topological polar surface area (TPSA) is 97.4 Å². The zero-order chi connectivity index (χ0) is 17.9. The molecule has 0 N–H and O–H groups in total. The molecule has 2 rings (SSSR count). The molecule has 130 valence electrons. The summed E-state index contributed by atoms with van der Waals surface area (Å²) in [5.74, 6) is -4.13. The minimum absolute atomic E-state index is 0.353. The van der Waals surface area contributed by atoms with Crippen molar-refractivity contribution in [1.29, 1.82) is 0 Å². The fourth-order valence-corrected chi connectivity index (χ4v) is 2.67. The van der Waals surface area contributed by atoms with Gasteiger partial charge in [0, 0.05) is 11.6 Å². The molecule has 1 aromatic carbocycles. The van der Waals surface area contributed by atoms with Crippen LogP contribution in [0.2, 0.25) is 0 Å². The fourth-order valence-electron chi connectivity index (χ4n) is 2.67. The van der Waals surface area contributed by atoms with Crippen molar-refractivity contribution in [3.8, 4) is 11.5 Å². The van der Waals surface area contributed by atoms with Crippen LogP contribution in [0.1, 0.15) is 11.7 Å². The maximum atomic E-state index is 12.2. The average molecular weight is 338 g/mol. The molecular formula is C16H18O8. The van der Waals surface area contributed by atoms with E-state index in [1.165, 1.54) is 21.3 Å². The number of hydrogen-bond donors (Lipinski definition) is 0. The summed E-state index contributed by atoms with van der Waals surface area (Å²) in [6.45, 7) is 0. The molecule has 1 heterocycles. The predicted molar refractivity (Wildman–Crippen MR) is 79.4 cm³/mol. The van der Waals surface area contributed by atoms with Crippen LogP contribution in [0.3, 0.4) is 0 Å². The molecule has 0 bridgehead atoms. The summed E-state index contributed by atoms with van der Waals surface area (Å²) in [5, 5.41) is 0. The Morgan fingerprint density at radius 2 is 1.67 bits per heavy atom. The van der Waals surface area contributed by atoms with E-state index in [0.29, 0.717) is 17.1 Å². The standard InChI is InChI=1S/C16H18O8/c1-20-8-5-6-9(10(7-8)21-2)13-11(14(17)22-3)12(15(18)23-4)16(19)24-13/h5-7,11-13H,1-4H3/t11?,12?,13-/m0/s1. The zero-order valence-corrected chi connectivity index (χ0v) is 13.7. The van der Waals surface area contributed by atoms with Crippen molar-refractivity contribution in [2.24, 2.45) is 11.8 Å². The van der Waals surface area contributed by atoms with E-state index in [2.05, 4.69) is 4.74 Å². The van der Waals surface area contributed by atoms with Gasteiger partial charge in [-0.1, -0.05) is 0 Å². The van der Waals surface area contributed by atoms with Crippen molar-refractivity contribution < 1.29 is 38.1 Å². The van der Waals surface area contributed by atoms with Crippen LogP contribution in [0.25, 0.3) is 0 Å². The number of methoxy groups -OCH3 is 4. The fraction of sp³-hybridized carbons (Fsp3) is 0.438. The first-order valence-corrected chi connectivity index (χ1v) is 7.06. The third kappa shape index (κ3) is 2.99. The second-order valence-corrected chi connectivity index (χ2v) is 5.02. The molecule has 1 fully saturated rings. The molecule has 0 saturated carbocycles. The molecule has 0 amide bonds. The zero-order valence-electron chi connectivity index (χ0n) is 13.7. The molecule has 2 unspecified atom stereocenters. The number of rotatable bonds is 5. The van der Waals surface area contributed by atoms with E-state index in [9.17, 15) is 14.4 Å². The van der Waals surface area contributed by atoms with Crippen LogP contribution < -0.4 is 9.47 Å². The van der Waals surface area contributed by atoms with Crippen molar-refractivity contribution in [2.75, 3.05) is 28.4 Å². The summed E-state index contributed by atoms with van der Waals surface area (Å²) in [7, 11) is 5.22. The molecule has 1 aliphatic rings. The van der Waals surface area contributed by atoms with Gasteiger partial charge in [-0.15, -0.1) is 0 Å². The Balaban J connectivity index is 2.50. The average Bonchev–Trinajstić information content (AvgIpc) is 2.96. The van der Waals surface area contributed by atoms with E-state index in [-0.39, 0.29) is 0 Å². The minimum atomic E-state index is -1.39. The SMILES string of the molecule is COC(=O)C1C(=O)O[C@@H](c2ccc(OC)cc2OC)C1C(=O)OC. The number of carbonyl (C=O) groups excluding carboxylic acids is 3. The van der Waals surface area contributed by atoms with Gasteiger partial charge in [-0.05, 0) is 12.1 Å². The first-order chi connectivity index (χ1) is 11.5. The van der Waals surface area contributed by atoms with Crippen LogP contribution in [0.4, 0.5) is 0 Å². The van der Waals surface area contributed by atoms with Crippen molar-refractivity contribution in [3.63, 3.8) is 0 Å². The summed E-state index contributed by atoms with van der Waals surface area (Å²) < 4.78 is 25.0. The van der Waals surface area contributed by atoms with Gasteiger partial charge in [0.05, 0.1) is 28.4 Å². The van der Waals surface area contributed by atoms with Gasteiger partial charge in [0.1, 0.15) is 23.5 Å². The number of esters is 3. The summed E-state index contributed by atoms with van der Waals surface area (Å²) in [5.41, 5.74) is 0.424. The highest BCUT2D eigenvalue weighted by molar-refractivity contribution is 6.01. The lowest BCUT2D eigenvalue weighted by atomic mass is 9.86. The van der Waals surface area contributed by atoms with Gasteiger partial charge in [0.15, 0.2) is 5.92 Å². The summed E-state index contributed by atoms with van der Waals surface area (Å²) in [6.07, 6.45) is -1.03. The van der Waals surface area contributed by atoms with Crippen LogP contribution in [0.15, 0.2) is 18.2 Å². The normalized spacial score (nSPS) is 22.5. The number of cyclic esters (lactones) is 1. The van der Waals surface area contributed by atoms with Crippen LogP contribution in [0, 0.1) is 11.8 Å². The van der Waals surface area contributed by atoms with Crippen molar-refractivity contribution in [2.45, 2.75) is 6.10 Å². The van der Waals surface area contributed by atoms with E-state index in [4.69, 9.17) is 18.9 Å². The Bertz CT molecular complexity index is 653. The Hall–Kier alpha value is -2.77. The number of hydrogen-bond acceptors (Lipinski definition) is 8. The molecule has 1 aromatic rings. The van der Waals surface area contributed by atoms with Crippen molar-refractivity contribution in [3.05, 3.63) is 23.8 Å². The predicted octanol–water partition coefficient (Wildman–Crippen LogP) is 0.880. The molecule has 0 aliphatic carbocycles. The Labute approximate surface area is 138 Å². The Morgan fingerprint density at radius 1 is 1.00 bits per heavy atom. The number of ether oxygens (including phenoxy) is 5. The lowest BCUT2D eigenvalue weighted by molar-refractivity contribution is -0.159. The highest BCUT2D eigenvalue weighted by atomic mass is 16.6. The van der Waals surface area contributed by atoms with Gasteiger partial charge in [-0.3, -0.25) is 14.4 Å². The van der Waals surface area contributed by atoms with E-state index in [1.807, 2.05) is 0 Å². The lowest BCUT2D eigenvalue weighted by Crippen LogP contribution is -2.33. The Morgan fingerprint density at radius 3 is 2.21 bits per heavy atom. The van der Waals surface area contributed by atoms with Crippen LogP contribution in [-0.4, -0.2) is 46.3 Å². The second kappa shape index (κ2) is 7.20. The lowest BCUT2D eigenvalue weighted by Gasteiger charge is -2.20. The van der Waals surface area contributed by atoms with Gasteiger partial charge in [-0.25, -0.2) is 0 Å². The molecule has 0 aromatic heterocycles. The van der Waals surface area contributed by atoms with Crippen LogP contribution in [0.5, 0.6) is 11.5 Å². The first-order valence-electron chi connectivity index (χ1n) is 7.06. The maximum absolute atomic E-state index is 12.2. The number of carbonyl (C=O) groups is 3. The number of benzene rings is 1. The molecule has 24 heavy (non-hydrogen) atoms. The van der Waals surface area contributed by atoms with E-state index >= 15 is 0 Å². The van der Waals surface area contributed by atoms with Gasteiger partial charge < -0.3 is 23.7 Å². The molecule has 0 radical (unpaired) electrons. The first kappa shape index (κ1) is 17.6. The summed E-state index contributed by atoms with van der Waals surface area (Å²) in [4.78, 5) is 36.2.